The monoisotopic (exact) mass is 253 g/mol. The third kappa shape index (κ3) is 2.69. The summed E-state index contributed by atoms with van der Waals surface area (Å²) in [5, 5.41) is 0. The number of rotatable bonds is 4. The van der Waals surface area contributed by atoms with Crippen LogP contribution >= 0.6 is 0 Å². The Kier molecular flexibility index (Phi) is 4.62. The highest BCUT2D eigenvalue weighted by atomic mass is 16.2. The molecular weight excluding hydrogens is 226 g/mol. The molecule has 1 heterocycles. The summed E-state index contributed by atoms with van der Waals surface area (Å²) in [7, 11) is 0. The van der Waals surface area contributed by atoms with Gasteiger partial charge in [0.1, 0.15) is 0 Å². The highest BCUT2D eigenvalue weighted by molar-refractivity contribution is 5.81. The minimum absolute atomic E-state index is 0.0186. The van der Waals surface area contributed by atoms with E-state index in [0.29, 0.717) is 12.0 Å². The molecule has 0 bridgehead atoms. The van der Waals surface area contributed by atoms with Crippen molar-refractivity contribution in [3.05, 3.63) is 0 Å². The van der Waals surface area contributed by atoms with E-state index in [1.165, 1.54) is 38.5 Å². The first-order chi connectivity index (χ1) is 8.65. The van der Waals surface area contributed by atoms with Crippen molar-refractivity contribution in [1.29, 1.82) is 0 Å². The topological polar surface area (TPSA) is 58.4 Å². The summed E-state index contributed by atoms with van der Waals surface area (Å²) in [5.41, 5.74) is 2.35. The molecule has 1 aliphatic heterocycles. The van der Waals surface area contributed by atoms with Crippen LogP contribution in [-0.2, 0) is 4.79 Å². The predicted molar refractivity (Wildman–Crippen MR) is 72.6 cm³/mol. The van der Waals surface area contributed by atoms with Crippen LogP contribution in [-0.4, -0.2) is 29.4 Å². The molecular formula is C14H27N3O. The van der Waals surface area contributed by atoms with E-state index in [1.54, 1.807) is 0 Å². The van der Waals surface area contributed by atoms with Crippen molar-refractivity contribution in [1.82, 2.24) is 10.3 Å². The number of carbonyl (C=O) groups is 1. The van der Waals surface area contributed by atoms with Crippen molar-refractivity contribution in [2.45, 2.75) is 64.5 Å². The zero-order chi connectivity index (χ0) is 13.1. The van der Waals surface area contributed by atoms with Crippen LogP contribution in [0, 0.1) is 11.8 Å². The lowest BCUT2D eigenvalue weighted by molar-refractivity contribution is -0.129. The molecule has 2 fully saturated rings. The number of hydrogen-bond acceptors (Lipinski definition) is 3. The molecule has 1 saturated carbocycles. The van der Waals surface area contributed by atoms with Crippen molar-refractivity contribution in [2.75, 3.05) is 6.54 Å². The maximum atomic E-state index is 12.0. The molecule has 3 N–H and O–H groups in total. The summed E-state index contributed by atoms with van der Waals surface area (Å²) < 4.78 is 0. The second-order valence-corrected chi connectivity index (χ2v) is 6.19. The van der Waals surface area contributed by atoms with Crippen LogP contribution in [0.4, 0.5) is 0 Å². The van der Waals surface area contributed by atoms with Crippen LogP contribution in [0.25, 0.3) is 0 Å². The normalized spacial score (nSPS) is 27.9. The van der Waals surface area contributed by atoms with Crippen molar-refractivity contribution in [3.8, 4) is 0 Å². The van der Waals surface area contributed by atoms with Gasteiger partial charge in [-0.15, -0.1) is 0 Å². The van der Waals surface area contributed by atoms with Gasteiger partial charge in [0.05, 0.1) is 6.04 Å². The van der Waals surface area contributed by atoms with Gasteiger partial charge in [0.2, 0.25) is 0 Å². The van der Waals surface area contributed by atoms with Crippen molar-refractivity contribution in [2.24, 2.45) is 17.7 Å². The summed E-state index contributed by atoms with van der Waals surface area (Å²) in [4.78, 5) is 14.5. The molecule has 0 radical (unpaired) electrons. The minimum Gasteiger partial charge on any atom is -0.293 e. The van der Waals surface area contributed by atoms with Crippen LogP contribution in [0.5, 0.6) is 0 Å². The number of hydrogen-bond donors (Lipinski definition) is 2. The van der Waals surface area contributed by atoms with E-state index in [4.69, 9.17) is 5.84 Å². The maximum Gasteiger partial charge on any atom is 0.251 e. The standard InChI is InChI=1S/C14H27N3O/c1-10(2)13(14(18)16-15)17-9-5-8-12(17)11-6-3-4-7-11/h10-13H,3-9,15H2,1-2H3,(H,16,18). The second-order valence-electron chi connectivity index (χ2n) is 6.19. The smallest absolute Gasteiger partial charge is 0.251 e. The fourth-order valence-corrected chi connectivity index (χ4v) is 3.93. The molecule has 18 heavy (non-hydrogen) atoms. The van der Waals surface area contributed by atoms with Crippen molar-refractivity contribution >= 4 is 5.91 Å². The average Bonchev–Trinajstić information content (AvgIpc) is 2.97. The molecule has 4 nitrogen and oxygen atoms in total. The molecule has 2 rings (SSSR count). The number of nitrogens with two attached hydrogens (primary N) is 1. The molecule has 1 saturated heterocycles. The lowest BCUT2D eigenvalue weighted by Crippen LogP contribution is -2.54. The van der Waals surface area contributed by atoms with Crippen molar-refractivity contribution < 1.29 is 4.79 Å². The molecule has 2 aliphatic rings. The van der Waals surface area contributed by atoms with Gasteiger partial charge < -0.3 is 0 Å². The third-order valence-corrected chi connectivity index (χ3v) is 4.69. The predicted octanol–water partition coefficient (Wildman–Crippen LogP) is 1.66. The Morgan fingerprint density at radius 1 is 1.22 bits per heavy atom. The molecule has 0 aromatic rings. The first-order valence-electron chi connectivity index (χ1n) is 7.41. The van der Waals surface area contributed by atoms with Crippen LogP contribution in [0.3, 0.4) is 0 Å². The molecule has 4 heteroatoms. The zero-order valence-corrected chi connectivity index (χ0v) is 11.7. The Balaban J connectivity index is 2.10. The SMILES string of the molecule is CC(C)C(C(=O)NN)N1CCCC1C1CCCC1. The van der Waals surface area contributed by atoms with Gasteiger partial charge in [0.25, 0.3) is 5.91 Å². The Bertz CT molecular complexity index is 287. The van der Waals surface area contributed by atoms with Gasteiger partial charge >= 0.3 is 0 Å². The van der Waals surface area contributed by atoms with E-state index >= 15 is 0 Å². The number of amides is 1. The first kappa shape index (κ1) is 13.8. The van der Waals surface area contributed by atoms with Gasteiger partial charge in [-0.2, -0.15) is 0 Å². The van der Waals surface area contributed by atoms with Gasteiger partial charge in [0.15, 0.2) is 0 Å². The lowest BCUT2D eigenvalue weighted by atomic mass is 9.93. The molecule has 1 amide bonds. The number of hydrazine groups is 1. The van der Waals surface area contributed by atoms with E-state index in [9.17, 15) is 4.79 Å². The summed E-state index contributed by atoms with van der Waals surface area (Å²) >= 11 is 0. The average molecular weight is 253 g/mol. The van der Waals surface area contributed by atoms with Crippen molar-refractivity contribution in [3.63, 3.8) is 0 Å². The minimum atomic E-state index is -0.0527. The molecule has 2 atom stereocenters. The summed E-state index contributed by atoms with van der Waals surface area (Å²) in [6.07, 6.45) is 7.90. The Hall–Kier alpha value is -0.610. The fraction of sp³-hybridized carbons (Fsp3) is 0.929. The van der Waals surface area contributed by atoms with E-state index in [0.717, 1.165) is 12.5 Å². The maximum absolute atomic E-state index is 12.0. The Labute approximate surface area is 110 Å². The third-order valence-electron chi connectivity index (χ3n) is 4.69. The van der Waals surface area contributed by atoms with E-state index in [2.05, 4.69) is 24.2 Å². The van der Waals surface area contributed by atoms with Gasteiger partial charge in [0, 0.05) is 6.04 Å². The summed E-state index contributed by atoms with van der Waals surface area (Å²) in [5.74, 6) is 6.45. The molecule has 0 spiro atoms. The number of nitrogens with zero attached hydrogens (tertiary/aromatic N) is 1. The quantitative estimate of drug-likeness (QED) is 0.455. The van der Waals surface area contributed by atoms with Crippen LogP contribution in [0.2, 0.25) is 0 Å². The van der Waals surface area contributed by atoms with Crippen LogP contribution in [0.1, 0.15) is 52.4 Å². The number of likely N-dealkylation sites (tertiary alicyclic amines) is 1. The first-order valence-corrected chi connectivity index (χ1v) is 7.41. The van der Waals surface area contributed by atoms with Gasteiger partial charge in [-0.3, -0.25) is 15.1 Å². The second kappa shape index (κ2) is 6.02. The molecule has 1 aliphatic carbocycles. The molecule has 0 aromatic carbocycles. The molecule has 0 aromatic heterocycles. The van der Waals surface area contributed by atoms with Gasteiger partial charge in [-0.1, -0.05) is 26.7 Å². The summed E-state index contributed by atoms with van der Waals surface area (Å²) in [6, 6.07) is 0.556. The fourth-order valence-electron chi connectivity index (χ4n) is 3.93. The molecule has 104 valence electrons. The van der Waals surface area contributed by atoms with Crippen LogP contribution < -0.4 is 11.3 Å². The Morgan fingerprint density at radius 3 is 2.44 bits per heavy atom. The highest BCUT2D eigenvalue weighted by Gasteiger charge is 2.40. The number of carbonyl (C=O) groups excluding carboxylic acids is 1. The molecule has 2 unspecified atom stereocenters. The number of nitrogens with one attached hydrogen (secondary N) is 1. The van der Waals surface area contributed by atoms with E-state index in [1.807, 2.05) is 0 Å². The van der Waals surface area contributed by atoms with E-state index in [-0.39, 0.29) is 11.9 Å². The van der Waals surface area contributed by atoms with E-state index < -0.39 is 0 Å². The van der Waals surface area contributed by atoms with Gasteiger partial charge in [-0.25, -0.2) is 5.84 Å². The Morgan fingerprint density at radius 2 is 1.89 bits per heavy atom. The zero-order valence-electron chi connectivity index (χ0n) is 11.7. The highest BCUT2D eigenvalue weighted by Crippen LogP contribution is 2.37. The summed E-state index contributed by atoms with van der Waals surface area (Å²) in [6.45, 7) is 5.28. The lowest BCUT2D eigenvalue weighted by Gasteiger charge is -2.37. The largest absolute Gasteiger partial charge is 0.293 e. The van der Waals surface area contributed by atoms with Gasteiger partial charge in [-0.05, 0) is 44.1 Å². The van der Waals surface area contributed by atoms with Crippen LogP contribution in [0.15, 0.2) is 0 Å².